The molecule has 0 aliphatic carbocycles. The second-order valence-electron chi connectivity index (χ2n) is 4.41. The molecule has 1 N–H and O–H groups in total. The van der Waals surface area contributed by atoms with Crippen LogP contribution in [0, 0.1) is 0 Å². The maximum Gasteiger partial charge on any atom is 0.267 e. The second-order valence-corrected chi connectivity index (χ2v) is 5.33. The zero-order valence-corrected chi connectivity index (χ0v) is 11.9. The third kappa shape index (κ3) is 2.17. The van der Waals surface area contributed by atoms with E-state index in [2.05, 4.69) is 20.8 Å². The normalized spacial score (nSPS) is 12.4. The number of fused-ring (bicyclic) bond motifs is 1. The van der Waals surface area contributed by atoms with Crippen molar-refractivity contribution in [2.75, 3.05) is 12.1 Å². The number of carbonyl (C=O) groups is 1. The fourth-order valence-corrected chi connectivity index (χ4v) is 2.86. The van der Waals surface area contributed by atoms with E-state index in [9.17, 15) is 4.79 Å². The lowest BCUT2D eigenvalue weighted by atomic mass is 10.2. The summed E-state index contributed by atoms with van der Waals surface area (Å²) in [5, 5.41) is 15.6. The van der Waals surface area contributed by atoms with E-state index in [1.54, 1.807) is 24.3 Å². The largest absolute Gasteiger partial charge is 0.454 e. The lowest BCUT2D eigenvalue weighted by molar-refractivity contribution is 0.103. The molecule has 1 amide bonds. The Balaban J connectivity index is 1.59. The molecule has 1 aliphatic heterocycles. The number of hydrogen-bond donors (Lipinski definition) is 1. The van der Waals surface area contributed by atoms with E-state index in [4.69, 9.17) is 9.47 Å². The van der Waals surface area contributed by atoms with E-state index in [0.29, 0.717) is 27.8 Å². The predicted molar refractivity (Wildman–Crippen MR) is 77.5 cm³/mol. The van der Waals surface area contributed by atoms with E-state index in [1.807, 2.05) is 5.38 Å². The van der Waals surface area contributed by atoms with Gasteiger partial charge in [-0.1, -0.05) is 0 Å². The predicted octanol–water partition coefficient (Wildman–Crippen LogP) is 1.70. The molecule has 0 fully saturated rings. The molecule has 3 heterocycles. The fourth-order valence-electron chi connectivity index (χ4n) is 2.09. The number of hydrogen-bond acceptors (Lipinski definition) is 7. The molecule has 0 saturated heterocycles. The van der Waals surface area contributed by atoms with Gasteiger partial charge < -0.3 is 14.8 Å². The van der Waals surface area contributed by atoms with Crippen LogP contribution in [0.5, 0.6) is 11.5 Å². The summed E-state index contributed by atoms with van der Waals surface area (Å²) < 4.78 is 12.0. The topological polar surface area (TPSA) is 91.2 Å². The number of rotatable bonds is 3. The Morgan fingerprint density at radius 3 is 3.05 bits per heavy atom. The van der Waals surface area contributed by atoms with Crippen molar-refractivity contribution in [3.05, 3.63) is 40.8 Å². The van der Waals surface area contributed by atoms with Crippen molar-refractivity contribution in [1.29, 1.82) is 0 Å². The van der Waals surface area contributed by atoms with Crippen molar-refractivity contribution >= 4 is 22.9 Å². The van der Waals surface area contributed by atoms with E-state index in [0.717, 1.165) is 0 Å². The molecule has 8 nitrogen and oxygen atoms in total. The standard InChI is InChI=1S/C13H9N5O3S/c19-13(12-9(3-4-22-12)18-6-14-16-17-18)15-8-1-2-10-11(5-8)21-7-20-10/h1-6H,7H2,(H,15,19). The smallest absolute Gasteiger partial charge is 0.267 e. The molecular formula is C13H9N5O3S. The van der Waals surface area contributed by atoms with E-state index < -0.39 is 0 Å². The lowest BCUT2D eigenvalue weighted by Gasteiger charge is -2.06. The van der Waals surface area contributed by atoms with Gasteiger partial charge in [-0.3, -0.25) is 4.79 Å². The maximum absolute atomic E-state index is 12.4. The molecular weight excluding hydrogens is 306 g/mol. The highest BCUT2D eigenvalue weighted by molar-refractivity contribution is 7.12. The van der Waals surface area contributed by atoms with Gasteiger partial charge >= 0.3 is 0 Å². The van der Waals surface area contributed by atoms with Gasteiger partial charge in [-0.05, 0) is 34.0 Å². The van der Waals surface area contributed by atoms with Gasteiger partial charge in [-0.2, -0.15) is 4.68 Å². The first-order valence-electron chi connectivity index (χ1n) is 6.33. The van der Waals surface area contributed by atoms with Gasteiger partial charge in [0.1, 0.15) is 11.2 Å². The van der Waals surface area contributed by atoms with Crippen LogP contribution in [0.25, 0.3) is 5.69 Å². The van der Waals surface area contributed by atoms with Crippen LogP contribution in [0.4, 0.5) is 5.69 Å². The van der Waals surface area contributed by atoms with Gasteiger partial charge in [0.25, 0.3) is 5.91 Å². The molecule has 0 saturated carbocycles. The van der Waals surface area contributed by atoms with Gasteiger partial charge in [-0.15, -0.1) is 16.4 Å². The van der Waals surface area contributed by atoms with Crippen LogP contribution in [0.3, 0.4) is 0 Å². The van der Waals surface area contributed by atoms with Crippen molar-refractivity contribution in [2.45, 2.75) is 0 Å². The van der Waals surface area contributed by atoms with Crippen LogP contribution in [-0.2, 0) is 0 Å². The quantitative estimate of drug-likeness (QED) is 0.791. The van der Waals surface area contributed by atoms with Crippen molar-refractivity contribution in [3.8, 4) is 17.2 Å². The first kappa shape index (κ1) is 12.8. The summed E-state index contributed by atoms with van der Waals surface area (Å²) >= 11 is 1.32. The monoisotopic (exact) mass is 315 g/mol. The minimum Gasteiger partial charge on any atom is -0.454 e. The second kappa shape index (κ2) is 5.11. The summed E-state index contributed by atoms with van der Waals surface area (Å²) in [5.41, 5.74) is 1.26. The molecule has 0 unspecified atom stereocenters. The summed E-state index contributed by atoms with van der Waals surface area (Å²) in [5.74, 6) is 1.05. The van der Waals surface area contributed by atoms with Crippen molar-refractivity contribution in [1.82, 2.24) is 20.2 Å². The SMILES string of the molecule is O=C(Nc1ccc2c(c1)OCO2)c1sccc1-n1cnnn1. The summed E-state index contributed by atoms with van der Waals surface area (Å²) in [6.07, 6.45) is 1.44. The fraction of sp³-hybridized carbons (Fsp3) is 0.0769. The van der Waals surface area contributed by atoms with E-state index >= 15 is 0 Å². The van der Waals surface area contributed by atoms with Crippen LogP contribution in [0.2, 0.25) is 0 Å². The number of nitrogens with one attached hydrogen (secondary N) is 1. The number of tetrazole rings is 1. The Labute approximate surface area is 128 Å². The Morgan fingerprint density at radius 2 is 2.18 bits per heavy atom. The first-order valence-corrected chi connectivity index (χ1v) is 7.21. The summed E-state index contributed by atoms with van der Waals surface area (Å²) in [4.78, 5) is 13.0. The highest BCUT2D eigenvalue weighted by atomic mass is 32.1. The Kier molecular flexibility index (Phi) is 2.97. The van der Waals surface area contributed by atoms with Crippen LogP contribution < -0.4 is 14.8 Å². The molecule has 22 heavy (non-hydrogen) atoms. The zero-order valence-electron chi connectivity index (χ0n) is 11.1. The van der Waals surface area contributed by atoms with Crippen LogP contribution in [0.15, 0.2) is 36.0 Å². The van der Waals surface area contributed by atoms with Crippen molar-refractivity contribution in [2.24, 2.45) is 0 Å². The number of ether oxygens (including phenoxy) is 2. The molecule has 0 bridgehead atoms. The van der Waals surface area contributed by atoms with E-state index in [1.165, 1.54) is 22.3 Å². The van der Waals surface area contributed by atoms with Crippen LogP contribution >= 0.6 is 11.3 Å². The minimum atomic E-state index is -0.237. The Hall–Kier alpha value is -2.94. The zero-order chi connectivity index (χ0) is 14.9. The number of thiophene rings is 1. The summed E-state index contributed by atoms with van der Waals surface area (Å²) in [6.45, 7) is 0.196. The molecule has 4 rings (SSSR count). The highest BCUT2D eigenvalue weighted by Crippen LogP contribution is 2.34. The van der Waals surface area contributed by atoms with Gasteiger partial charge in [-0.25, -0.2) is 0 Å². The molecule has 0 radical (unpaired) electrons. The number of aromatic nitrogens is 4. The molecule has 1 aromatic carbocycles. The van der Waals surface area contributed by atoms with Gasteiger partial charge in [0.2, 0.25) is 6.79 Å². The van der Waals surface area contributed by atoms with Gasteiger partial charge in [0.05, 0.1) is 5.69 Å². The van der Waals surface area contributed by atoms with Gasteiger partial charge in [0, 0.05) is 11.8 Å². The van der Waals surface area contributed by atoms with Crippen molar-refractivity contribution < 1.29 is 14.3 Å². The Morgan fingerprint density at radius 1 is 1.27 bits per heavy atom. The summed E-state index contributed by atoms with van der Waals surface area (Å²) in [6, 6.07) is 7.03. The molecule has 0 spiro atoms. The van der Waals surface area contributed by atoms with E-state index in [-0.39, 0.29) is 12.7 Å². The third-order valence-corrected chi connectivity index (χ3v) is 3.98. The number of carbonyl (C=O) groups excluding carboxylic acids is 1. The number of benzene rings is 1. The number of nitrogens with zero attached hydrogens (tertiary/aromatic N) is 4. The van der Waals surface area contributed by atoms with Crippen molar-refractivity contribution in [3.63, 3.8) is 0 Å². The number of anilines is 1. The average molecular weight is 315 g/mol. The highest BCUT2D eigenvalue weighted by Gasteiger charge is 2.18. The van der Waals surface area contributed by atoms with Crippen LogP contribution in [-0.4, -0.2) is 32.9 Å². The average Bonchev–Trinajstić information content (AvgIpc) is 3.26. The Bertz CT molecular complexity index is 830. The molecule has 0 atom stereocenters. The maximum atomic E-state index is 12.4. The lowest BCUT2D eigenvalue weighted by Crippen LogP contribution is -2.13. The number of amides is 1. The van der Waals surface area contributed by atoms with Crippen LogP contribution in [0.1, 0.15) is 9.67 Å². The summed E-state index contributed by atoms with van der Waals surface area (Å²) in [7, 11) is 0. The molecule has 1 aliphatic rings. The molecule has 9 heteroatoms. The third-order valence-electron chi connectivity index (χ3n) is 3.08. The minimum absolute atomic E-state index is 0.196. The molecule has 2 aromatic heterocycles. The first-order chi connectivity index (χ1) is 10.8. The van der Waals surface area contributed by atoms with Gasteiger partial charge in [0.15, 0.2) is 11.5 Å². The molecule has 3 aromatic rings. The molecule has 110 valence electrons.